The van der Waals surface area contributed by atoms with Crippen LogP contribution in [0.2, 0.25) is 0 Å². The van der Waals surface area contributed by atoms with E-state index in [1.807, 2.05) is 19.1 Å². The number of hydrogen-bond acceptors (Lipinski definition) is 5. The largest absolute Gasteiger partial charge is 0.573 e. The van der Waals surface area contributed by atoms with E-state index in [1.54, 1.807) is 6.92 Å². The molecule has 2 unspecified atom stereocenters. The van der Waals surface area contributed by atoms with Gasteiger partial charge in [0, 0.05) is 26.2 Å². The Bertz CT molecular complexity index is 1200. The number of nitrogens with zero attached hydrogens (tertiary/aromatic N) is 2. The van der Waals surface area contributed by atoms with Gasteiger partial charge in [0.05, 0.1) is 11.5 Å². The standard InChI is InChI=1S/C23H24F3N3O3S/c1-15-11-18(16-3-5-17(6-4-16)32-23(24,25)26)20-13-22(2,14-27)21(19(20)12-15)33(30,31)29-9-7-28-8-10-29/h3-6,11-12,21,28H,7-10,13H2,1-2H3. The van der Waals surface area contributed by atoms with Crippen LogP contribution in [0.25, 0.3) is 11.1 Å². The summed E-state index contributed by atoms with van der Waals surface area (Å²) >= 11 is 0. The number of piperazine rings is 1. The lowest BCUT2D eigenvalue weighted by Crippen LogP contribution is -2.49. The molecular weight excluding hydrogens is 455 g/mol. The predicted molar refractivity (Wildman–Crippen MR) is 117 cm³/mol. The topological polar surface area (TPSA) is 82.4 Å². The molecule has 2 aliphatic rings. The molecule has 1 aliphatic carbocycles. The lowest BCUT2D eigenvalue weighted by atomic mass is 9.88. The summed E-state index contributed by atoms with van der Waals surface area (Å²) in [5, 5.41) is 12.2. The Morgan fingerprint density at radius 2 is 1.82 bits per heavy atom. The second-order valence-corrected chi connectivity index (χ2v) is 10.8. The highest BCUT2D eigenvalue weighted by Crippen LogP contribution is 2.53. The summed E-state index contributed by atoms with van der Waals surface area (Å²) in [6, 6.07) is 11.4. The minimum atomic E-state index is -4.79. The lowest BCUT2D eigenvalue weighted by Gasteiger charge is -2.33. The summed E-state index contributed by atoms with van der Waals surface area (Å²) in [5.74, 6) is -0.337. The van der Waals surface area contributed by atoms with E-state index in [1.165, 1.54) is 28.6 Å². The highest BCUT2D eigenvalue weighted by Gasteiger charge is 2.53. The zero-order valence-electron chi connectivity index (χ0n) is 18.2. The quantitative estimate of drug-likeness (QED) is 0.719. The van der Waals surface area contributed by atoms with Gasteiger partial charge < -0.3 is 10.1 Å². The Hall–Kier alpha value is -2.61. The summed E-state index contributed by atoms with van der Waals surface area (Å²) in [6.45, 7) is 5.28. The van der Waals surface area contributed by atoms with Crippen molar-refractivity contribution >= 4 is 10.0 Å². The van der Waals surface area contributed by atoms with Crippen molar-refractivity contribution in [3.8, 4) is 22.9 Å². The number of ether oxygens (including phenoxy) is 1. The number of hydrogen-bond donors (Lipinski definition) is 1. The molecule has 176 valence electrons. The third-order valence-corrected chi connectivity index (χ3v) is 8.68. The van der Waals surface area contributed by atoms with Gasteiger partial charge in [-0.15, -0.1) is 13.2 Å². The average molecular weight is 480 g/mol. The number of fused-ring (bicyclic) bond motifs is 1. The number of sulfonamides is 1. The molecule has 1 heterocycles. The van der Waals surface area contributed by atoms with Crippen LogP contribution in [0, 0.1) is 23.7 Å². The second kappa shape index (κ2) is 8.31. The molecule has 0 saturated carbocycles. The van der Waals surface area contributed by atoms with Gasteiger partial charge in [-0.3, -0.25) is 0 Å². The summed E-state index contributed by atoms with van der Waals surface area (Å²) in [4.78, 5) is 0. The van der Waals surface area contributed by atoms with Gasteiger partial charge in [0.25, 0.3) is 0 Å². The molecule has 10 heteroatoms. The van der Waals surface area contributed by atoms with Gasteiger partial charge in [0.1, 0.15) is 11.0 Å². The molecule has 0 bridgehead atoms. The zero-order valence-corrected chi connectivity index (χ0v) is 19.1. The van der Waals surface area contributed by atoms with Crippen LogP contribution in [0.3, 0.4) is 0 Å². The van der Waals surface area contributed by atoms with Gasteiger partial charge >= 0.3 is 6.36 Å². The fourth-order valence-electron chi connectivity index (χ4n) is 4.81. The first-order valence-corrected chi connectivity index (χ1v) is 12.1. The minimum absolute atomic E-state index is 0.227. The molecular formula is C23H24F3N3O3S. The Morgan fingerprint density at radius 3 is 2.39 bits per heavy atom. The smallest absolute Gasteiger partial charge is 0.406 e. The summed E-state index contributed by atoms with van der Waals surface area (Å²) in [5.41, 5.74) is 2.30. The molecule has 1 aliphatic heterocycles. The van der Waals surface area contributed by atoms with Gasteiger partial charge in [0.2, 0.25) is 10.0 Å². The molecule has 2 aromatic carbocycles. The van der Waals surface area contributed by atoms with E-state index in [0.29, 0.717) is 42.9 Å². The molecule has 1 saturated heterocycles. The average Bonchev–Trinajstić information content (AvgIpc) is 3.06. The molecule has 4 rings (SSSR count). The van der Waals surface area contributed by atoms with E-state index in [0.717, 1.165) is 11.1 Å². The molecule has 0 radical (unpaired) electrons. The molecule has 0 aromatic heterocycles. The maximum atomic E-state index is 13.7. The summed E-state index contributed by atoms with van der Waals surface area (Å²) in [6.07, 6.45) is -4.56. The monoisotopic (exact) mass is 479 g/mol. The van der Waals surface area contributed by atoms with Crippen molar-refractivity contribution < 1.29 is 26.3 Å². The van der Waals surface area contributed by atoms with E-state index < -0.39 is 27.1 Å². The maximum absolute atomic E-state index is 13.7. The van der Waals surface area contributed by atoms with Crippen molar-refractivity contribution in [3.63, 3.8) is 0 Å². The summed E-state index contributed by atoms with van der Waals surface area (Å²) in [7, 11) is -3.81. The van der Waals surface area contributed by atoms with Crippen LogP contribution in [-0.2, 0) is 16.4 Å². The molecule has 0 spiro atoms. The number of alkyl halides is 3. The molecule has 0 amide bonds. The van der Waals surface area contributed by atoms with Crippen molar-refractivity contribution in [1.82, 2.24) is 9.62 Å². The molecule has 1 fully saturated rings. The molecule has 2 atom stereocenters. The van der Waals surface area contributed by atoms with Gasteiger partial charge in [0.15, 0.2) is 0 Å². The number of nitrogens with one attached hydrogen (secondary N) is 1. The van der Waals surface area contributed by atoms with E-state index >= 15 is 0 Å². The number of nitriles is 1. The Labute approximate surface area is 191 Å². The minimum Gasteiger partial charge on any atom is -0.406 e. The Morgan fingerprint density at radius 1 is 1.18 bits per heavy atom. The maximum Gasteiger partial charge on any atom is 0.573 e. The van der Waals surface area contributed by atoms with Crippen molar-refractivity contribution in [3.05, 3.63) is 53.1 Å². The molecule has 2 aromatic rings. The highest BCUT2D eigenvalue weighted by molar-refractivity contribution is 7.89. The van der Waals surface area contributed by atoms with Crippen LogP contribution in [0.5, 0.6) is 5.75 Å². The van der Waals surface area contributed by atoms with Gasteiger partial charge in [-0.25, -0.2) is 8.42 Å². The third kappa shape index (κ3) is 4.45. The first kappa shape index (κ1) is 23.5. The van der Waals surface area contributed by atoms with Crippen LogP contribution in [-0.4, -0.2) is 45.3 Å². The number of rotatable bonds is 4. The van der Waals surface area contributed by atoms with E-state index in [2.05, 4.69) is 16.1 Å². The lowest BCUT2D eigenvalue weighted by molar-refractivity contribution is -0.274. The first-order valence-electron chi connectivity index (χ1n) is 10.6. The molecule has 33 heavy (non-hydrogen) atoms. The molecule has 1 N–H and O–H groups in total. The van der Waals surface area contributed by atoms with Gasteiger partial charge in [-0.2, -0.15) is 9.57 Å². The fraction of sp³-hybridized carbons (Fsp3) is 0.435. The van der Waals surface area contributed by atoms with E-state index in [9.17, 15) is 26.9 Å². The Kier molecular flexibility index (Phi) is 5.93. The Balaban J connectivity index is 1.80. The highest BCUT2D eigenvalue weighted by atomic mass is 32.2. The van der Waals surface area contributed by atoms with Crippen molar-refractivity contribution in [2.24, 2.45) is 5.41 Å². The van der Waals surface area contributed by atoms with Crippen molar-refractivity contribution in [2.75, 3.05) is 26.2 Å². The van der Waals surface area contributed by atoms with Crippen LogP contribution >= 0.6 is 0 Å². The van der Waals surface area contributed by atoms with Gasteiger partial charge in [-0.1, -0.05) is 29.8 Å². The van der Waals surface area contributed by atoms with E-state index in [4.69, 9.17) is 0 Å². The van der Waals surface area contributed by atoms with Crippen LogP contribution < -0.4 is 10.1 Å². The summed E-state index contributed by atoms with van der Waals surface area (Å²) < 4.78 is 70.3. The third-order valence-electron chi connectivity index (χ3n) is 6.22. The fourth-order valence-corrected chi connectivity index (χ4v) is 7.12. The number of benzene rings is 2. The van der Waals surface area contributed by atoms with Crippen molar-refractivity contribution in [1.29, 1.82) is 5.26 Å². The second-order valence-electron chi connectivity index (χ2n) is 8.73. The zero-order chi connectivity index (χ0) is 24.0. The van der Waals surface area contributed by atoms with Crippen LogP contribution in [0.1, 0.15) is 28.9 Å². The van der Waals surface area contributed by atoms with E-state index in [-0.39, 0.29) is 12.2 Å². The van der Waals surface area contributed by atoms with Crippen LogP contribution in [0.4, 0.5) is 13.2 Å². The van der Waals surface area contributed by atoms with Crippen molar-refractivity contribution in [2.45, 2.75) is 31.9 Å². The predicted octanol–water partition coefficient (Wildman–Crippen LogP) is 3.92. The number of halogens is 3. The SMILES string of the molecule is Cc1cc(-c2ccc(OC(F)(F)F)cc2)c2c(c1)C(S(=O)(=O)N1CCNCC1)C(C)(C#N)C2. The number of aryl methyl sites for hydroxylation is 1. The van der Waals surface area contributed by atoms with Gasteiger partial charge in [-0.05, 0) is 54.7 Å². The first-order chi connectivity index (χ1) is 15.4. The normalized spacial score (nSPS) is 23.7. The molecule has 6 nitrogen and oxygen atoms in total. The van der Waals surface area contributed by atoms with Crippen LogP contribution in [0.15, 0.2) is 36.4 Å².